The highest BCUT2D eigenvalue weighted by Crippen LogP contribution is 2.24. The Morgan fingerprint density at radius 2 is 1.79 bits per heavy atom. The minimum Gasteiger partial charge on any atom is -0.482 e. The number of aryl methyl sites for hydroxylation is 2. The third kappa shape index (κ3) is 5.82. The summed E-state index contributed by atoms with van der Waals surface area (Å²) in [5, 5.41) is 11.6. The van der Waals surface area contributed by atoms with Gasteiger partial charge in [0.1, 0.15) is 5.75 Å². The van der Waals surface area contributed by atoms with Crippen LogP contribution >= 0.6 is 0 Å². The Hall–Kier alpha value is -3.33. The van der Waals surface area contributed by atoms with Gasteiger partial charge in [-0.05, 0) is 73.6 Å². The van der Waals surface area contributed by atoms with E-state index >= 15 is 0 Å². The van der Waals surface area contributed by atoms with Gasteiger partial charge in [0.25, 0.3) is 5.91 Å². The molecular weight excluding hydrogens is 368 g/mol. The molecule has 0 bridgehead atoms. The molecule has 0 unspecified atom stereocenters. The Morgan fingerprint density at radius 1 is 1.07 bits per heavy atom. The van der Waals surface area contributed by atoms with E-state index in [1.165, 1.54) is 24.0 Å². The minimum absolute atomic E-state index is 0.164. The molecule has 6 heteroatoms. The van der Waals surface area contributed by atoms with Crippen LogP contribution in [0.15, 0.2) is 42.5 Å². The van der Waals surface area contributed by atoms with Crippen LogP contribution in [0.3, 0.4) is 0 Å². The van der Waals surface area contributed by atoms with Crippen molar-refractivity contribution in [1.82, 2.24) is 5.32 Å². The van der Waals surface area contributed by atoms with Gasteiger partial charge in [0.05, 0.1) is 17.7 Å². The van der Waals surface area contributed by atoms with E-state index < -0.39 is 5.97 Å². The smallest absolute Gasteiger partial charge is 0.344 e. The lowest BCUT2D eigenvalue weighted by Crippen LogP contribution is -2.32. The monoisotopic (exact) mass is 392 g/mol. The molecule has 6 nitrogen and oxygen atoms in total. The molecule has 3 rings (SSSR count). The van der Waals surface area contributed by atoms with Gasteiger partial charge in [-0.15, -0.1) is 0 Å². The highest BCUT2D eigenvalue weighted by Gasteiger charge is 2.15. The first-order valence-corrected chi connectivity index (χ1v) is 9.75. The van der Waals surface area contributed by atoms with Crippen LogP contribution in [0.4, 0.5) is 0 Å². The number of rotatable bonds is 7. The van der Waals surface area contributed by atoms with Crippen LogP contribution in [-0.4, -0.2) is 25.1 Å². The summed E-state index contributed by atoms with van der Waals surface area (Å²) >= 11 is 0. The fraction of sp³-hybridized carbons (Fsp3) is 0.348. The summed E-state index contributed by atoms with van der Waals surface area (Å²) in [5.41, 5.74) is 4.31. The number of ether oxygens (including phenoxy) is 2. The van der Waals surface area contributed by atoms with Crippen molar-refractivity contribution >= 4 is 11.9 Å². The molecule has 29 heavy (non-hydrogen) atoms. The molecule has 1 amide bonds. The Balaban J connectivity index is 1.41. The van der Waals surface area contributed by atoms with Gasteiger partial charge in [-0.2, -0.15) is 5.26 Å². The molecule has 0 saturated carbocycles. The van der Waals surface area contributed by atoms with Crippen molar-refractivity contribution in [2.24, 2.45) is 0 Å². The first-order chi connectivity index (χ1) is 14.0. The second-order valence-electron chi connectivity index (χ2n) is 7.11. The number of hydrogen-bond donors (Lipinski definition) is 1. The zero-order chi connectivity index (χ0) is 20.6. The van der Waals surface area contributed by atoms with Gasteiger partial charge in [-0.1, -0.05) is 18.2 Å². The SMILES string of the molecule is C[C@H](NC(=O)COC(=O)COc1ccc(C#N)cc1)c1ccc2c(c1)CCCC2. The number of esters is 1. The van der Waals surface area contributed by atoms with Crippen molar-refractivity contribution in [3.63, 3.8) is 0 Å². The largest absolute Gasteiger partial charge is 0.482 e. The Bertz CT molecular complexity index is 915. The van der Waals surface area contributed by atoms with Crippen molar-refractivity contribution < 1.29 is 19.1 Å². The molecule has 0 aliphatic heterocycles. The van der Waals surface area contributed by atoms with Gasteiger partial charge in [0.2, 0.25) is 0 Å². The molecule has 0 radical (unpaired) electrons. The summed E-state index contributed by atoms with van der Waals surface area (Å²) in [6.45, 7) is 1.25. The number of benzene rings is 2. The van der Waals surface area contributed by atoms with Gasteiger partial charge in [0.15, 0.2) is 13.2 Å². The highest BCUT2D eigenvalue weighted by molar-refractivity contribution is 5.81. The summed E-state index contributed by atoms with van der Waals surface area (Å²) in [5.74, 6) is -0.542. The molecule has 1 atom stereocenters. The zero-order valence-corrected chi connectivity index (χ0v) is 16.4. The van der Waals surface area contributed by atoms with Gasteiger partial charge >= 0.3 is 5.97 Å². The fourth-order valence-electron chi connectivity index (χ4n) is 3.34. The molecule has 0 aromatic heterocycles. The standard InChI is InChI=1S/C23H24N2O4/c1-16(19-9-8-18-4-2-3-5-20(18)12-19)25-22(26)14-29-23(27)15-28-21-10-6-17(13-24)7-11-21/h6-12,16H,2-5,14-15H2,1H3,(H,25,26)/t16-/m0/s1. The number of hydrogen-bond acceptors (Lipinski definition) is 5. The summed E-state index contributed by atoms with van der Waals surface area (Å²) in [6, 6.07) is 14.6. The lowest BCUT2D eigenvalue weighted by atomic mass is 9.89. The molecule has 0 fully saturated rings. The van der Waals surface area contributed by atoms with E-state index in [0.29, 0.717) is 11.3 Å². The average Bonchev–Trinajstić information content (AvgIpc) is 2.76. The number of fused-ring (bicyclic) bond motifs is 1. The molecular formula is C23H24N2O4. The molecule has 2 aromatic carbocycles. The number of amides is 1. The molecule has 0 spiro atoms. The van der Waals surface area contributed by atoms with Gasteiger partial charge in [0, 0.05) is 0 Å². The van der Waals surface area contributed by atoms with Crippen molar-refractivity contribution in [2.45, 2.75) is 38.6 Å². The first-order valence-electron chi connectivity index (χ1n) is 9.75. The second kappa shape index (κ2) is 9.74. The van der Waals surface area contributed by atoms with Crippen molar-refractivity contribution in [1.29, 1.82) is 5.26 Å². The van der Waals surface area contributed by atoms with E-state index in [9.17, 15) is 9.59 Å². The lowest BCUT2D eigenvalue weighted by Gasteiger charge is -2.20. The zero-order valence-electron chi connectivity index (χ0n) is 16.4. The van der Waals surface area contributed by atoms with Crippen LogP contribution in [0.5, 0.6) is 5.75 Å². The topological polar surface area (TPSA) is 88.4 Å². The molecule has 1 N–H and O–H groups in total. The van der Waals surface area contributed by atoms with Gasteiger partial charge in [-0.25, -0.2) is 4.79 Å². The molecule has 1 aliphatic rings. The third-order valence-electron chi connectivity index (χ3n) is 4.95. The van der Waals surface area contributed by atoms with Crippen LogP contribution in [-0.2, 0) is 27.2 Å². The third-order valence-corrected chi connectivity index (χ3v) is 4.95. The fourth-order valence-corrected chi connectivity index (χ4v) is 3.34. The van der Waals surface area contributed by atoms with Crippen molar-refractivity contribution in [2.75, 3.05) is 13.2 Å². The van der Waals surface area contributed by atoms with Crippen molar-refractivity contribution in [3.8, 4) is 11.8 Å². The van der Waals surface area contributed by atoms with Crippen molar-refractivity contribution in [3.05, 3.63) is 64.7 Å². The number of nitrogens with one attached hydrogen (secondary N) is 1. The number of nitriles is 1. The van der Waals surface area contributed by atoms with E-state index in [2.05, 4.69) is 17.4 Å². The quantitative estimate of drug-likeness (QED) is 0.731. The summed E-state index contributed by atoms with van der Waals surface area (Å²) in [4.78, 5) is 23.9. The van der Waals surface area contributed by atoms with Crippen LogP contribution < -0.4 is 10.1 Å². The van der Waals surface area contributed by atoms with E-state index in [1.54, 1.807) is 24.3 Å². The summed E-state index contributed by atoms with van der Waals surface area (Å²) in [6.07, 6.45) is 4.65. The number of carbonyl (C=O) groups excluding carboxylic acids is 2. The Kier molecular flexibility index (Phi) is 6.85. The van der Waals surface area contributed by atoms with Crippen LogP contribution in [0, 0.1) is 11.3 Å². The normalized spacial score (nSPS) is 13.5. The molecule has 2 aromatic rings. The minimum atomic E-state index is -0.633. The van der Waals surface area contributed by atoms with Crippen LogP contribution in [0.2, 0.25) is 0 Å². The maximum atomic E-state index is 12.1. The van der Waals surface area contributed by atoms with Gasteiger partial charge < -0.3 is 14.8 Å². The number of carbonyl (C=O) groups is 2. The van der Waals surface area contributed by atoms with E-state index in [-0.39, 0.29) is 25.2 Å². The highest BCUT2D eigenvalue weighted by atomic mass is 16.6. The molecule has 0 heterocycles. The second-order valence-corrected chi connectivity index (χ2v) is 7.11. The van der Waals surface area contributed by atoms with Gasteiger partial charge in [-0.3, -0.25) is 4.79 Å². The maximum absolute atomic E-state index is 12.1. The van der Waals surface area contributed by atoms with E-state index in [0.717, 1.165) is 18.4 Å². The summed E-state index contributed by atoms with van der Waals surface area (Å²) in [7, 11) is 0. The van der Waals surface area contributed by atoms with E-state index in [4.69, 9.17) is 14.7 Å². The lowest BCUT2D eigenvalue weighted by molar-refractivity contribution is -0.150. The number of nitrogens with zero attached hydrogens (tertiary/aromatic N) is 1. The molecule has 150 valence electrons. The molecule has 0 saturated heterocycles. The summed E-state index contributed by atoms with van der Waals surface area (Å²) < 4.78 is 10.3. The maximum Gasteiger partial charge on any atom is 0.344 e. The Labute approximate surface area is 170 Å². The van der Waals surface area contributed by atoms with Crippen LogP contribution in [0.25, 0.3) is 0 Å². The predicted octanol–water partition coefficient (Wildman–Crippen LogP) is 3.24. The molecule has 1 aliphatic carbocycles. The van der Waals surface area contributed by atoms with E-state index in [1.807, 2.05) is 19.1 Å². The average molecular weight is 392 g/mol. The Morgan fingerprint density at radius 3 is 2.52 bits per heavy atom. The predicted molar refractivity (Wildman–Crippen MR) is 107 cm³/mol. The first kappa shape index (κ1) is 20.4. The van der Waals surface area contributed by atoms with Crippen LogP contribution in [0.1, 0.15) is 48.1 Å².